The van der Waals surface area contributed by atoms with Gasteiger partial charge in [0, 0.05) is 33.2 Å². The van der Waals surface area contributed by atoms with Crippen LogP contribution in [0.3, 0.4) is 0 Å². The van der Waals surface area contributed by atoms with Crippen LogP contribution in [-0.4, -0.2) is 50.8 Å². The van der Waals surface area contributed by atoms with Crippen molar-refractivity contribution in [3.05, 3.63) is 58.3 Å². The molecule has 1 atom stereocenters. The standard InChI is InChI=1S/C19H26N4OS/c1-20-19(21-13-16-7-12-25-15-16)22-14-18(17-5-3-2-4-6-17)23-8-10-24-11-9-23/h2-7,12,15,18H,8-11,13-14H2,1H3,(H2,20,21,22). The molecule has 1 unspecified atom stereocenters. The molecular formula is C19H26N4OS. The van der Waals surface area contributed by atoms with Gasteiger partial charge in [-0.1, -0.05) is 30.3 Å². The number of hydrogen-bond donors (Lipinski definition) is 2. The molecule has 0 radical (unpaired) electrons. The number of rotatable bonds is 6. The van der Waals surface area contributed by atoms with Gasteiger partial charge in [0.1, 0.15) is 0 Å². The molecule has 1 aliphatic rings. The third kappa shape index (κ3) is 5.29. The van der Waals surface area contributed by atoms with E-state index in [-0.39, 0.29) is 0 Å². The Labute approximate surface area is 153 Å². The van der Waals surface area contributed by atoms with Gasteiger partial charge in [-0.15, -0.1) is 0 Å². The first-order chi connectivity index (χ1) is 12.4. The van der Waals surface area contributed by atoms with Crippen LogP contribution >= 0.6 is 11.3 Å². The third-order valence-corrected chi connectivity index (χ3v) is 5.13. The van der Waals surface area contributed by atoms with Crippen molar-refractivity contribution in [2.45, 2.75) is 12.6 Å². The van der Waals surface area contributed by atoms with E-state index in [9.17, 15) is 0 Å². The summed E-state index contributed by atoms with van der Waals surface area (Å²) in [6.45, 7) is 5.12. The van der Waals surface area contributed by atoms with Crippen LogP contribution in [-0.2, 0) is 11.3 Å². The number of nitrogens with zero attached hydrogens (tertiary/aromatic N) is 2. The lowest BCUT2D eigenvalue weighted by atomic mass is 10.0. The predicted molar refractivity (Wildman–Crippen MR) is 104 cm³/mol. The monoisotopic (exact) mass is 358 g/mol. The van der Waals surface area contributed by atoms with E-state index in [0.29, 0.717) is 6.04 Å². The van der Waals surface area contributed by atoms with Gasteiger partial charge in [0.15, 0.2) is 5.96 Å². The van der Waals surface area contributed by atoms with Crippen molar-refractivity contribution in [2.75, 3.05) is 39.9 Å². The number of hydrogen-bond acceptors (Lipinski definition) is 4. The van der Waals surface area contributed by atoms with Crippen molar-refractivity contribution in [3.8, 4) is 0 Å². The molecule has 0 aliphatic carbocycles. The lowest BCUT2D eigenvalue weighted by molar-refractivity contribution is 0.0170. The first kappa shape index (κ1) is 17.9. The van der Waals surface area contributed by atoms with Crippen LogP contribution in [0.15, 0.2) is 52.2 Å². The second-order valence-electron chi connectivity index (χ2n) is 6.01. The Morgan fingerprint density at radius 1 is 1.20 bits per heavy atom. The minimum Gasteiger partial charge on any atom is -0.379 e. The van der Waals surface area contributed by atoms with Gasteiger partial charge in [-0.3, -0.25) is 9.89 Å². The van der Waals surface area contributed by atoms with Crippen LogP contribution in [0.5, 0.6) is 0 Å². The van der Waals surface area contributed by atoms with E-state index in [1.165, 1.54) is 11.1 Å². The molecule has 0 amide bonds. The van der Waals surface area contributed by atoms with Crippen LogP contribution in [0, 0.1) is 0 Å². The molecule has 0 bridgehead atoms. The smallest absolute Gasteiger partial charge is 0.191 e. The van der Waals surface area contributed by atoms with Gasteiger partial charge in [0.2, 0.25) is 0 Å². The molecule has 1 aromatic heterocycles. The molecule has 2 heterocycles. The molecule has 25 heavy (non-hydrogen) atoms. The molecule has 6 heteroatoms. The van der Waals surface area contributed by atoms with Crippen LogP contribution in [0.4, 0.5) is 0 Å². The molecule has 1 saturated heterocycles. The molecule has 0 saturated carbocycles. The molecular weight excluding hydrogens is 332 g/mol. The number of thiophene rings is 1. The van der Waals surface area contributed by atoms with Crippen molar-refractivity contribution in [1.29, 1.82) is 0 Å². The number of nitrogens with one attached hydrogen (secondary N) is 2. The fraction of sp³-hybridized carbons (Fsp3) is 0.421. The molecule has 5 nitrogen and oxygen atoms in total. The summed E-state index contributed by atoms with van der Waals surface area (Å²) in [7, 11) is 1.81. The van der Waals surface area contributed by atoms with E-state index < -0.39 is 0 Å². The molecule has 2 aromatic rings. The normalized spacial score (nSPS) is 17.2. The van der Waals surface area contributed by atoms with E-state index in [1.54, 1.807) is 11.3 Å². The summed E-state index contributed by atoms with van der Waals surface area (Å²) in [6, 6.07) is 13.1. The molecule has 3 rings (SSSR count). The van der Waals surface area contributed by atoms with Crippen LogP contribution < -0.4 is 10.6 Å². The zero-order chi connectivity index (χ0) is 17.3. The maximum atomic E-state index is 5.52. The topological polar surface area (TPSA) is 48.9 Å². The number of benzene rings is 1. The lowest BCUT2D eigenvalue weighted by Crippen LogP contribution is -2.46. The number of ether oxygens (including phenoxy) is 1. The van der Waals surface area contributed by atoms with Crippen LogP contribution in [0.25, 0.3) is 0 Å². The molecule has 1 fully saturated rings. The summed E-state index contributed by atoms with van der Waals surface area (Å²) >= 11 is 1.71. The van der Waals surface area contributed by atoms with Crippen molar-refractivity contribution >= 4 is 17.3 Å². The van der Waals surface area contributed by atoms with Gasteiger partial charge in [0.25, 0.3) is 0 Å². The summed E-state index contributed by atoms with van der Waals surface area (Å²) in [5.41, 5.74) is 2.60. The maximum absolute atomic E-state index is 5.52. The highest BCUT2D eigenvalue weighted by molar-refractivity contribution is 7.07. The van der Waals surface area contributed by atoms with E-state index in [4.69, 9.17) is 4.74 Å². The van der Waals surface area contributed by atoms with Crippen molar-refractivity contribution in [1.82, 2.24) is 15.5 Å². The summed E-state index contributed by atoms with van der Waals surface area (Å²) in [4.78, 5) is 6.84. The maximum Gasteiger partial charge on any atom is 0.191 e. The Morgan fingerprint density at radius 3 is 2.68 bits per heavy atom. The van der Waals surface area contributed by atoms with E-state index in [1.807, 2.05) is 7.05 Å². The van der Waals surface area contributed by atoms with Gasteiger partial charge in [0.05, 0.1) is 19.3 Å². The summed E-state index contributed by atoms with van der Waals surface area (Å²) < 4.78 is 5.52. The molecule has 1 aliphatic heterocycles. The van der Waals surface area contributed by atoms with Gasteiger partial charge in [-0.2, -0.15) is 11.3 Å². The van der Waals surface area contributed by atoms with Crippen molar-refractivity contribution in [3.63, 3.8) is 0 Å². The number of aliphatic imine (C=N–C) groups is 1. The Kier molecular flexibility index (Phi) is 6.85. The minimum absolute atomic E-state index is 0.310. The molecule has 2 N–H and O–H groups in total. The largest absolute Gasteiger partial charge is 0.379 e. The highest BCUT2D eigenvalue weighted by Crippen LogP contribution is 2.21. The number of guanidine groups is 1. The summed E-state index contributed by atoms with van der Waals surface area (Å²) in [5, 5.41) is 11.1. The predicted octanol–water partition coefficient (Wildman–Crippen LogP) is 2.49. The summed E-state index contributed by atoms with van der Waals surface area (Å²) in [6.07, 6.45) is 0. The fourth-order valence-electron chi connectivity index (χ4n) is 3.02. The second kappa shape index (κ2) is 9.56. The highest BCUT2D eigenvalue weighted by Gasteiger charge is 2.22. The highest BCUT2D eigenvalue weighted by atomic mass is 32.1. The third-order valence-electron chi connectivity index (χ3n) is 4.40. The zero-order valence-electron chi connectivity index (χ0n) is 14.6. The Bertz CT molecular complexity index is 639. The zero-order valence-corrected chi connectivity index (χ0v) is 15.5. The van der Waals surface area contributed by atoms with Crippen LogP contribution in [0.2, 0.25) is 0 Å². The Morgan fingerprint density at radius 2 is 2.00 bits per heavy atom. The fourth-order valence-corrected chi connectivity index (χ4v) is 3.68. The lowest BCUT2D eigenvalue weighted by Gasteiger charge is -2.35. The number of morpholine rings is 1. The quantitative estimate of drug-likeness (QED) is 0.615. The van der Waals surface area contributed by atoms with Crippen molar-refractivity contribution < 1.29 is 4.74 Å². The van der Waals surface area contributed by atoms with Crippen LogP contribution in [0.1, 0.15) is 17.2 Å². The Hall–Kier alpha value is -1.89. The SMILES string of the molecule is CN=C(NCc1ccsc1)NCC(c1ccccc1)N1CCOCC1. The summed E-state index contributed by atoms with van der Waals surface area (Å²) in [5.74, 6) is 0.834. The molecule has 0 spiro atoms. The van der Waals surface area contributed by atoms with Crippen molar-refractivity contribution in [2.24, 2.45) is 4.99 Å². The van der Waals surface area contributed by atoms with Gasteiger partial charge < -0.3 is 15.4 Å². The minimum atomic E-state index is 0.310. The molecule has 1 aromatic carbocycles. The van der Waals surface area contributed by atoms with Gasteiger partial charge in [-0.05, 0) is 28.0 Å². The van der Waals surface area contributed by atoms with E-state index in [0.717, 1.165) is 45.4 Å². The first-order valence-corrected chi connectivity index (χ1v) is 9.63. The van der Waals surface area contributed by atoms with E-state index in [2.05, 4.69) is 67.7 Å². The molecule has 134 valence electrons. The Balaban J connectivity index is 1.60. The first-order valence-electron chi connectivity index (χ1n) is 8.69. The second-order valence-corrected chi connectivity index (χ2v) is 6.79. The van der Waals surface area contributed by atoms with Gasteiger partial charge >= 0.3 is 0 Å². The van der Waals surface area contributed by atoms with E-state index >= 15 is 0 Å². The average Bonchev–Trinajstić information content (AvgIpc) is 3.20. The average molecular weight is 359 g/mol. The van der Waals surface area contributed by atoms with Gasteiger partial charge in [-0.25, -0.2) is 0 Å².